The Balaban J connectivity index is 1.50. The van der Waals surface area contributed by atoms with Gasteiger partial charge in [0.1, 0.15) is 12.8 Å². The lowest BCUT2D eigenvalue weighted by Gasteiger charge is -2.62. The van der Waals surface area contributed by atoms with Gasteiger partial charge in [-0.2, -0.15) is 0 Å². The van der Waals surface area contributed by atoms with Gasteiger partial charge >= 0.3 is 0 Å². The minimum Gasteiger partial charge on any atom is -0.390 e. The third-order valence-electron chi connectivity index (χ3n) is 10.7. The molecule has 8 heteroatoms. The normalized spacial score (nSPS) is 40.6. The zero-order chi connectivity index (χ0) is 29.4. The Morgan fingerprint density at radius 1 is 1.12 bits per heavy atom. The number of benzene rings is 1. The smallest absolute Gasteiger partial charge is 0.178 e. The van der Waals surface area contributed by atoms with E-state index >= 15 is 8.78 Å². The van der Waals surface area contributed by atoms with E-state index in [9.17, 15) is 25.0 Å². The molecule has 40 heavy (non-hydrogen) atoms. The standard InChI is InChI=1S/C32H41F2NO5/c1-29(2,3)19-6-8-20(9-7-19)35(40)16-18-12-22-23-14-25(33)24-13-21(37)10-11-31(24,5)32(23,34)27(39)15-30(22,4)28(18)26(38)17-36/h6-11,13,18,22-23,25,27-28,36,39-40H,12,14-17H2,1-5H3/t18-,22-,23-,25-,27-,28+,30-,31-,32-/m0/s1. The van der Waals surface area contributed by atoms with E-state index in [1.807, 2.05) is 31.2 Å². The fourth-order valence-electron chi connectivity index (χ4n) is 8.76. The van der Waals surface area contributed by atoms with Crippen LogP contribution in [0.1, 0.15) is 59.4 Å². The molecule has 0 unspecified atom stereocenters. The van der Waals surface area contributed by atoms with Crippen molar-refractivity contribution in [2.45, 2.75) is 77.2 Å². The largest absolute Gasteiger partial charge is 0.390 e. The van der Waals surface area contributed by atoms with Crippen molar-refractivity contribution in [2.24, 2.45) is 34.5 Å². The van der Waals surface area contributed by atoms with Crippen LogP contribution in [0.15, 0.2) is 48.1 Å². The predicted octanol–water partition coefficient (Wildman–Crippen LogP) is 4.90. The maximum atomic E-state index is 17.4. The van der Waals surface area contributed by atoms with E-state index in [4.69, 9.17) is 0 Å². The summed E-state index contributed by atoms with van der Waals surface area (Å²) < 4.78 is 33.1. The Bertz CT molecular complexity index is 1250. The third kappa shape index (κ3) is 4.12. The highest BCUT2D eigenvalue weighted by Crippen LogP contribution is 2.70. The van der Waals surface area contributed by atoms with Crippen molar-refractivity contribution < 1.29 is 33.8 Å². The summed E-state index contributed by atoms with van der Waals surface area (Å²) in [6, 6.07) is 7.50. The van der Waals surface area contributed by atoms with E-state index in [0.29, 0.717) is 12.1 Å². The van der Waals surface area contributed by atoms with E-state index < -0.39 is 70.6 Å². The summed E-state index contributed by atoms with van der Waals surface area (Å²) in [4.78, 5) is 25.3. The number of ketones is 2. The maximum absolute atomic E-state index is 17.4. The Kier molecular flexibility index (Phi) is 6.96. The number of aliphatic hydroxyl groups excluding tert-OH is 2. The molecule has 0 heterocycles. The van der Waals surface area contributed by atoms with E-state index in [0.717, 1.165) is 16.7 Å². The number of carbonyl (C=O) groups excluding carboxylic acids is 2. The molecule has 0 aromatic heterocycles. The Labute approximate surface area is 234 Å². The second kappa shape index (κ2) is 9.57. The van der Waals surface area contributed by atoms with Crippen LogP contribution in [0.2, 0.25) is 0 Å². The molecule has 4 aliphatic carbocycles. The molecule has 0 aliphatic heterocycles. The van der Waals surface area contributed by atoms with Crippen molar-refractivity contribution in [3.8, 4) is 0 Å². The van der Waals surface area contributed by atoms with Gasteiger partial charge in [0, 0.05) is 23.8 Å². The summed E-state index contributed by atoms with van der Waals surface area (Å²) in [6.07, 6.45) is 0.791. The second-order valence-corrected chi connectivity index (χ2v) is 13.9. The molecule has 9 atom stereocenters. The molecule has 3 fully saturated rings. The minimum atomic E-state index is -2.24. The highest BCUT2D eigenvalue weighted by molar-refractivity contribution is 6.01. The molecule has 0 radical (unpaired) electrons. The van der Waals surface area contributed by atoms with Gasteiger partial charge in [-0.3, -0.25) is 19.9 Å². The first-order valence-electron chi connectivity index (χ1n) is 14.2. The van der Waals surface area contributed by atoms with Crippen LogP contribution in [-0.2, 0) is 15.0 Å². The molecule has 4 aliphatic rings. The number of hydrogen-bond acceptors (Lipinski definition) is 6. The summed E-state index contributed by atoms with van der Waals surface area (Å²) in [5.74, 6) is -3.44. The first-order chi connectivity index (χ1) is 18.6. The molecule has 5 rings (SSSR count). The number of hydrogen-bond donors (Lipinski definition) is 3. The molecule has 3 N–H and O–H groups in total. The number of allylic oxidation sites excluding steroid dienone is 4. The fraction of sp³-hybridized carbons (Fsp3) is 0.625. The average molecular weight is 558 g/mol. The van der Waals surface area contributed by atoms with Crippen molar-refractivity contribution in [3.05, 3.63) is 53.6 Å². The average Bonchev–Trinajstić information content (AvgIpc) is 3.17. The number of nitrogens with zero attached hydrogens (tertiary/aromatic N) is 1. The Morgan fingerprint density at radius 3 is 2.38 bits per heavy atom. The van der Waals surface area contributed by atoms with Gasteiger partial charge in [0.2, 0.25) is 0 Å². The molecule has 0 spiro atoms. The van der Waals surface area contributed by atoms with E-state index in [2.05, 4.69) is 20.8 Å². The predicted molar refractivity (Wildman–Crippen MR) is 147 cm³/mol. The molecule has 1 aromatic carbocycles. The number of halogens is 2. The van der Waals surface area contributed by atoms with Crippen molar-refractivity contribution in [2.75, 3.05) is 18.2 Å². The number of rotatable bonds is 5. The zero-order valence-corrected chi connectivity index (χ0v) is 23.9. The van der Waals surface area contributed by atoms with Gasteiger partial charge in [-0.1, -0.05) is 45.9 Å². The van der Waals surface area contributed by atoms with Crippen molar-refractivity contribution in [1.82, 2.24) is 0 Å². The van der Waals surface area contributed by atoms with Crippen LogP contribution < -0.4 is 5.06 Å². The van der Waals surface area contributed by atoms with Crippen LogP contribution in [-0.4, -0.2) is 58.1 Å². The molecule has 218 valence electrons. The van der Waals surface area contributed by atoms with Crippen molar-refractivity contribution in [3.63, 3.8) is 0 Å². The van der Waals surface area contributed by atoms with Crippen LogP contribution >= 0.6 is 0 Å². The van der Waals surface area contributed by atoms with Crippen molar-refractivity contribution in [1.29, 1.82) is 0 Å². The van der Waals surface area contributed by atoms with Crippen molar-refractivity contribution >= 4 is 17.3 Å². The number of alkyl halides is 2. The first-order valence-corrected chi connectivity index (χ1v) is 14.2. The topological polar surface area (TPSA) is 98.1 Å². The van der Waals surface area contributed by atoms with Gasteiger partial charge in [0.15, 0.2) is 17.2 Å². The summed E-state index contributed by atoms with van der Waals surface area (Å²) in [5.41, 5.74) is -3.02. The minimum absolute atomic E-state index is 0.0507. The fourth-order valence-corrected chi connectivity index (χ4v) is 8.76. The number of aliphatic hydroxyl groups is 2. The molecule has 6 nitrogen and oxygen atoms in total. The lowest BCUT2D eigenvalue weighted by molar-refractivity contribution is -0.202. The van der Waals surface area contributed by atoms with Gasteiger partial charge in [-0.15, -0.1) is 0 Å². The zero-order valence-electron chi connectivity index (χ0n) is 23.9. The lowest BCUT2D eigenvalue weighted by atomic mass is 9.45. The number of fused-ring (bicyclic) bond motifs is 5. The second-order valence-electron chi connectivity index (χ2n) is 13.9. The van der Waals surface area contributed by atoms with Gasteiger partial charge in [0.25, 0.3) is 0 Å². The molecule has 1 aromatic rings. The highest BCUT2D eigenvalue weighted by Gasteiger charge is 2.73. The van der Waals surface area contributed by atoms with E-state index in [1.54, 1.807) is 6.92 Å². The van der Waals surface area contributed by atoms with Crippen LogP contribution in [0.4, 0.5) is 14.5 Å². The van der Waals surface area contributed by atoms with Gasteiger partial charge in [-0.05, 0) is 84.3 Å². The maximum Gasteiger partial charge on any atom is 0.178 e. The SMILES string of the molecule is CC(C)(C)c1ccc(N(O)C[C@@H]2C[C@H]3[C@@H]4C[C@H](F)C5=CC(=O)C=C[C@]5(C)[C@@]4(F)[C@@H](O)C[C@]3(C)[C@H]2C(=O)CO)cc1. The van der Waals surface area contributed by atoms with Crippen LogP contribution in [0.5, 0.6) is 0 Å². The van der Waals surface area contributed by atoms with E-state index in [1.165, 1.54) is 12.2 Å². The monoisotopic (exact) mass is 557 g/mol. The number of anilines is 1. The van der Waals surface area contributed by atoms with Crippen LogP contribution in [0.25, 0.3) is 0 Å². The molecular formula is C32H41F2NO5. The van der Waals surface area contributed by atoms with Gasteiger partial charge in [0.05, 0.1) is 11.8 Å². The van der Waals surface area contributed by atoms with Crippen LogP contribution in [0.3, 0.4) is 0 Å². The van der Waals surface area contributed by atoms with Gasteiger partial charge < -0.3 is 10.2 Å². The first kappa shape index (κ1) is 29.1. The van der Waals surface area contributed by atoms with Crippen LogP contribution in [0, 0.1) is 34.5 Å². The summed E-state index contributed by atoms with van der Waals surface area (Å²) in [6.45, 7) is 9.02. The third-order valence-corrected chi connectivity index (χ3v) is 10.7. The highest BCUT2D eigenvalue weighted by atomic mass is 19.1. The number of hydroxylamine groups is 1. The number of carbonyl (C=O) groups is 2. The van der Waals surface area contributed by atoms with Gasteiger partial charge in [-0.25, -0.2) is 8.78 Å². The Hall–Kier alpha value is -2.42. The molecule has 3 saturated carbocycles. The summed E-state index contributed by atoms with van der Waals surface area (Å²) in [5, 5.41) is 33.6. The summed E-state index contributed by atoms with van der Waals surface area (Å²) >= 11 is 0. The molecule has 0 bridgehead atoms. The number of Topliss-reactive ketones (excluding diaryl/α,β-unsaturated/α-hetero) is 1. The summed E-state index contributed by atoms with van der Waals surface area (Å²) in [7, 11) is 0. The molecule has 0 saturated heterocycles. The lowest BCUT2D eigenvalue weighted by Crippen LogP contribution is -2.68. The van der Waals surface area contributed by atoms with E-state index in [-0.39, 0.29) is 30.4 Å². The quantitative estimate of drug-likeness (QED) is 0.446. The molecule has 0 amide bonds. The molecular weight excluding hydrogens is 516 g/mol. The Morgan fingerprint density at radius 2 is 1.77 bits per heavy atom.